The first kappa shape index (κ1) is 11.2. The van der Waals surface area contributed by atoms with Crippen LogP contribution in [0.15, 0.2) is 12.7 Å². The van der Waals surface area contributed by atoms with E-state index in [-0.39, 0.29) is 0 Å². The minimum absolute atomic E-state index is 0.873. The van der Waals surface area contributed by atoms with Gasteiger partial charge in [0.05, 0.1) is 0 Å². The van der Waals surface area contributed by atoms with E-state index in [0.717, 1.165) is 6.08 Å². The van der Waals surface area contributed by atoms with E-state index in [9.17, 15) is 4.79 Å². The van der Waals surface area contributed by atoms with Crippen LogP contribution in [0.3, 0.4) is 0 Å². The van der Waals surface area contributed by atoms with Gasteiger partial charge in [0.15, 0.2) is 5.78 Å². The number of ketones is 1. The Kier molecular flexibility index (Phi) is 4.68. The second kappa shape index (κ2) is 5.00. The predicted molar refractivity (Wildman–Crippen MR) is 40.3 cm³/mol. The molecule has 0 saturated carbocycles. The van der Waals surface area contributed by atoms with Crippen molar-refractivity contribution in [2.75, 3.05) is 6.61 Å². The van der Waals surface area contributed by atoms with E-state index in [1.807, 2.05) is 0 Å². The van der Waals surface area contributed by atoms with E-state index in [2.05, 4.69) is 6.58 Å². The summed E-state index contributed by atoms with van der Waals surface area (Å²) in [6, 6.07) is 0. The summed E-state index contributed by atoms with van der Waals surface area (Å²) in [5.74, 6) is -0.941. The Bertz CT molecular complexity index is 167. The molecule has 0 heterocycles. The van der Waals surface area contributed by atoms with Crippen LogP contribution < -0.4 is 0 Å². The van der Waals surface area contributed by atoms with Gasteiger partial charge in [0, 0.05) is 0 Å². The maximum absolute atomic E-state index is 10.6. The molecule has 0 aromatic heterocycles. The highest BCUT2D eigenvalue weighted by molar-refractivity contribution is 5.84. The van der Waals surface area contributed by atoms with Crippen LogP contribution in [0.5, 0.6) is 0 Å². The third-order valence-electron chi connectivity index (χ3n) is 1.40. The number of aliphatic hydroxyl groups excluding tert-OH is 4. The maximum atomic E-state index is 10.6. The van der Waals surface area contributed by atoms with Crippen molar-refractivity contribution in [3.8, 4) is 0 Å². The average molecular weight is 176 g/mol. The molecule has 70 valence electrons. The quantitative estimate of drug-likeness (QED) is 0.357. The fourth-order valence-corrected chi connectivity index (χ4v) is 0.610. The van der Waals surface area contributed by atoms with Crippen LogP contribution in [-0.4, -0.2) is 51.1 Å². The van der Waals surface area contributed by atoms with E-state index in [1.54, 1.807) is 0 Å². The highest BCUT2D eigenvalue weighted by Gasteiger charge is 2.27. The first-order valence-electron chi connectivity index (χ1n) is 3.35. The van der Waals surface area contributed by atoms with Gasteiger partial charge in [-0.1, -0.05) is 6.08 Å². The molecule has 0 aliphatic heterocycles. The first-order chi connectivity index (χ1) is 5.54. The summed E-state index contributed by atoms with van der Waals surface area (Å²) in [5, 5.41) is 35.1. The number of hydrogen-bond donors (Lipinski definition) is 4. The van der Waals surface area contributed by atoms with Crippen molar-refractivity contribution in [2.45, 2.75) is 18.3 Å². The number of Topliss-reactive ketones (excluding diaryl/α,β-unsaturated/α-hetero) is 1. The molecule has 0 radical (unpaired) electrons. The normalized spacial score (nSPS) is 18.0. The van der Waals surface area contributed by atoms with Crippen LogP contribution in [0.1, 0.15) is 0 Å². The summed E-state index contributed by atoms with van der Waals surface area (Å²) in [6.07, 6.45) is -3.81. The summed E-state index contributed by atoms with van der Waals surface area (Å²) in [7, 11) is 0. The number of aliphatic hydroxyl groups is 4. The van der Waals surface area contributed by atoms with Crippen LogP contribution in [0.2, 0.25) is 0 Å². The summed E-state index contributed by atoms with van der Waals surface area (Å²) >= 11 is 0. The Hall–Kier alpha value is -0.750. The van der Waals surface area contributed by atoms with Gasteiger partial charge in [-0.3, -0.25) is 4.79 Å². The first-order valence-corrected chi connectivity index (χ1v) is 3.35. The number of hydrogen-bond acceptors (Lipinski definition) is 5. The molecule has 0 unspecified atom stereocenters. The van der Waals surface area contributed by atoms with Crippen LogP contribution in [0.25, 0.3) is 0 Å². The van der Waals surface area contributed by atoms with Crippen LogP contribution >= 0.6 is 0 Å². The SMILES string of the molecule is C=C[C@@H](O)[C@@H](O)[C@H](O)C(=O)CO. The van der Waals surface area contributed by atoms with E-state index < -0.39 is 30.7 Å². The summed E-state index contributed by atoms with van der Waals surface area (Å²) in [5.41, 5.74) is 0. The lowest BCUT2D eigenvalue weighted by molar-refractivity contribution is -0.139. The summed E-state index contributed by atoms with van der Waals surface area (Å²) in [6.45, 7) is 2.28. The van der Waals surface area contributed by atoms with Gasteiger partial charge in [-0.25, -0.2) is 0 Å². The molecule has 0 bridgehead atoms. The van der Waals surface area contributed by atoms with Gasteiger partial charge < -0.3 is 20.4 Å². The maximum Gasteiger partial charge on any atom is 0.189 e. The van der Waals surface area contributed by atoms with Crippen molar-refractivity contribution in [1.82, 2.24) is 0 Å². The molecule has 0 aromatic carbocycles. The zero-order valence-electron chi connectivity index (χ0n) is 6.42. The van der Waals surface area contributed by atoms with Crippen molar-refractivity contribution >= 4 is 5.78 Å². The molecule has 12 heavy (non-hydrogen) atoms. The Balaban J connectivity index is 4.17. The van der Waals surface area contributed by atoms with Crippen molar-refractivity contribution in [3.05, 3.63) is 12.7 Å². The van der Waals surface area contributed by atoms with Gasteiger partial charge in [-0.05, 0) is 0 Å². The molecular weight excluding hydrogens is 164 g/mol. The number of rotatable bonds is 5. The minimum Gasteiger partial charge on any atom is -0.388 e. The molecule has 0 saturated heterocycles. The van der Waals surface area contributed by atoms with Crippen molar-refractivity contribution in [2.24, 2.45) is 0 Å². The molecule has 0 amide bonds. The van der Waals surface area contributed by atoms with Gasteiger partial charge in [0.25, 0.3) is 0 Å². The standard InChI is InChI=1S/C7H12O5/c1-2-4(9)6(11)7(12)5(10)3-8/h2,4,6-9,11-12H,1,3H2/t4-,6-,7-/m1/s1. The van der Waals surface area contributed by atoms with Gasteiger partial charge in [-0.15, -0.1) is 6.58 Å². The van der Waals surface area contributed by atoms with Gasteiger partial charge >= 0.3 is 0 Å². The second-order valence-electron chi connectivity index (χ2n) is 2.29. The molecule has 0 rings (SSSR count). The molecule has 4 N–H and O–H groups in total. The van der Waals surface area contributed by atoms with Crippen LogP contribution in [0.4, 0.5) is 0 Å². The van der Waals surface area contributed by atoms with Crippen molar-refractivity contribution in [1.29, 1.82) is 0 Å². The molecule has 3 atom stereocenters. The fraction of sp³-hybridized carbons (Fsp3) is 0.571. The predicted octanol–water partition coefficient (Wildman–Crippen LogP) is -2.18. The van der Waals surface area contributed by atoms with Gasteiger partial charge in [-0.2, -0.15) is 0 Å². The van der Waals surface area contributed by atoms with E-state index >= 15 is 0 Å². The molecule has 0 aliphatic rings. The molecule has 0 aliphatic carbocycles. The number of carbonyl (C=O) groups is 1. The van der Waals surface area contributed by atoms with Gasteiger partial charge in [0.1, 0.15) is 24.9 Å². The summed E-state index contributed by atoms with van der Waals surface area (Å²) < 4.78 is 0. The third kappa shape index (κ3) is 2.71. The smallest absolute Gasteiger partial charge is 0.189 e. The Morgan fingerprint density at radius 1 is 1.42 bits per heavy atom. The number of carbonyl (C=O) groups excluding carboxylic acids is 1. The molecule has 5 heteroatoms. The lowest BCUT2D eigenvalue weighted by Gasteiger charge is -2.18. The van der Waals surface area contributed by atoms with Crippen molar-refractivity contribution in [3.63, 3.8) is 0 Å². The lowest BCUT2D eigenvalue weighted by atomic mass is 10.1. The Labute approximate surface area is 69.6 Å². The monoisotopic (exact) mass is 176 g/mol. The molecule has 0 aromatic rings. The zero-order valence-corrected chi connectivity index (χ0v) is 6.42. The fourth-order valence-electron chi connectivity index (χ4n) is 0.610. The lowest BCUT2D eigenvalue weighted by Crippen LogP contribution is -2.42. The summed E-state index contributed by atoms with van der Waals surface area (Å²) in [4.78, 5) is 10.6. The van der Waals surface area contributed by atoms with Crippen LogP contribution in [-0.2, 0) is 4.79 Å². The van der Waals surface area contributed by atoms with Crippen molar-refractivity contribution < 1.29 is 25.2 Å². The minimum atomic E-state index is -1.78. The van der Waals surface area contributed by atoms with E-state index in [4.69, 9.17) is 20.4 Å². The molecule has 0 fully saturated rings. The third-order valence-corrected chi connectivity index (χ3v) is 1.40. The van der Waals surface area contributed by atoms with Crippen LogP contribution in [0, 0.1) is 0 Å². The van der Waals surface area contributed by atoms with Gasteiger partial charge in [0.2, 0.25) is 0 Å². The molecular formula is C7H12O5. The molecule has 0 spiro atoms. The highest BCUT2D eigenvalue weighted by atomic mass is 16.4. The molecule has 5 nitrogen and oxygen atoms in total. The zero-order chi connectivity index (χ0) is 9.72. The largest absolute Gasteiger partial charge is 0.388 e. The Morgan fingerprint density at radius 3 is 2.25 bits per heavy atom. The average Bonchev–Trinajstić information content (AvgIpc) is 2.12. The highest BCUT2D eigenvalue weighted by Crippen LogP contribution is 2.01. The topological polar surface area (TPSA) is 98.0 Å². The Morgan fingerprint density at radius 2 is 1.92 bits per heavy atom. The van der Waals surface area contributed by atoms with E-state index in [1.165, 1.54) is 0 Å². The van der Waals surface area contributed by atoms with E-state index in [0.29, 0.717) is 0 Å². The second-order valence-corrected chi connectivity index (χ2v) is 2.29.